The maximum atomic E-state index is 13.9. The van der Waals surface area contributed by atoms with E-state index in [0.717, 1.165) is 39.9 Å². The Balaban J connectivity index is 1.37. The van der Waals surface area contributed by atoms with E-state index < -0.39 is 0 Å². The molecule has 5 nitrogen and oxygen atoms in total. The van der Waals surface area contributed by atoms with Crippen molar-refractivity contribution in [3.05, 3.63) is 87.9 Å². The Hall–Kier alpha value is -2.90. The number of aromatic nitrogens is 2. The van der Waals surface area contributed by atoms with Gasteiger partial charge in [0, 0.05) is 25.1 Å². The summed E-state index contributed by atoms with van der Waals surface area (Å²) >= 11 is 3.58. The number of imidazole rings is 1. The number of ether oxygens (including phenoxy) is 2. The summed E-state index contributed by atoms with van der Waals surface area (Å²) in [6.45, 7) is 4.01. The minimum absolute atomic E-state index is 0.125. The van der Waals surface area contributed by atoms with E-state index in [9.17, 15) is 4.39 Å². The molecule has 0 amide bonds. The van der Waals surface area contributed by atoms with Crippen LogP contribution in [0.3, 0.4) is 0 Å². The summed E-state index contributed by atoms with van der Waals surface area (Å²) < 4.78 is 26.4. The molecule has 2 N–H and O–H groups in total. The van der Waals surface area contributed by atoms with Crippen molar-refractivity contribution < 1.29 is 13.9 Å². The third-order valence-electron chi connectivity index (χ3n) is 5.01. The zero-order valence-corrected chi connectivity index (χ0v) is 19.4. The Morgan fingerprint density at radius 1 is 1.06 bits per heavy atom. The Kier molecular flexibility index (Phi) is 7.39. The van der Waals surface area contributed by atoms with E-state index in [-0.39, 0.29) is 12.4 Å². The molecule has 0 saturated heterocycles. The quantitative estimate of drug-likeness (QED) is 0.273. The molecular weight excluding hydrogens is 473 g/mol. The highest BCUT2D eigenvalue weighted by Gasteiger charge is 2.14. The van der Waals surface area contributed by atoms with Crippen molar-refractivity contribution in [2.45, 2.75) is 26.5 Å². The van der Waals surface area contributed by atoms with Crippen molar-refractivity contribution in [2.24, 2.45) is 0 Å². The van der Waals surface area contributed by atoms with Gasteiger partial charge in [-0.2, -0.15) is 0 Å². The average molecular weight is 498 g/mol. The van der Waals surface area contributed by atoms with Gasteiger partial charge in [0.2, 0.25) is 0 Å². The van der Waals surface area contributed by atoms with Gasteiger partial charge in [0.25, 0.3) is 0 Å². The van der Waals surface area contributed by atoms with E-state index >= 15 is 0 Å². The number of hydrogen-bond acceptors (Lipinski definition) is 4. The van der Waals surface area contributed by atoms with Crippen LogP contribution in [0.25, 0.3) is 11.0 Å². The summed E-state index contributed by atoms with van der Waals surface area (Å²) in [6, 6.07) is 18.6. The van der Waals surface area contributed by atoms with E-state index in [1.165, 1.54) is 6.07 Å². The van der Waals surface area contributed by atoms with Gasteiger partial charge in [0.15, 0.2) is 11.5 Å². The van der Waals surface area contributed by atoms with Gasteiger partial charge >= 0.3 is 0 Å². The number of nitrogens with one attached hydrogen (secondary N) is 2. The number of nitrogens with zero attached hydrogens (tertiary/aromatic N) is 1. The largest absolute Gasteiger partial charge is 0.490 e. The van der Waals surface area contributed by atoms with Gasteiger partial charge in [-0.1, -0.05) is 30.3 Å². The van der Waals surface area contributed by atoms with Gasteiger partial charge in [-0.3, -0.25) is 0 Å². The van der Waals surface area contributed by atoms with Crippen LogP contribution in [0.15, 0.2) is 65.1 Å². The number of rotatable bonds is 10. The van der Waals surface area contributed by atoms with Crippen LogP contribution in [0, 0.1) is 5.82 Å². The standard InChI is InChI=1S/C25H25BrFN3O2/c1-2-31-23-14-17(13-19(26)25(23)32-16-18-7-3-4-8-20(18)27)15-28-12-11-24-29-21-9-5-6-10-22(21)30-24/h3-10,13-14,28H,2,11-12,15-16H2,1H3,(H,29,30). The summed E-state index contributed by atoms with van der Waals surface area (Å²) in [5, 5.41) is 3.45. The molecule has 7 heteroatoms. The molecule has 0 spiro atoms. The zero-order valence-electron chi connectivity index (χ0n) is 17.8. The fraction of sp³-hybridized carbons (Fsp3) is 0.240. The Morgan fingerprint density at radius 3 is 2.69 bits per heavy atom. The second-order valence-corrected chi connectivity index (χ2v) is 8.20. The van der Waals surface area contributed by atoms with Gasteiger partial charge in [0.1, 0.15) is 18.2 Å². The monoisotopic (exact) mass is 497 g/mol. The first-order chi connectivity index (χ1) is 15.6. The molecule has 0 fully saturated rings. The third-order valence-corrected chi connectivity index (χ3v) is 5.59. The summed E-state index contributed by atoms with van der Waals surface area (Å²) in [5.41, 5.74) is 3.60. The highest BCUT2D eigenvalue weighted by molar-refractivity contribution is 9.10. The normalized spacial score (nSPS) is 11.1. The zero-order chi connectivity index (χ0) is 22.3. The third kappa shape index (κ3) is 5.47. The number of H-pyrrole nitrogens is 1. The lowest BCUT2D eigenvalue weighted by Crippen LogP contribution is -2.17. The Labute approximate surface area is 195 Å². The van der Waals surface area contributed by atoms with Crippen LogP contribution in [0.5, 0.6) is 11.5 Å². The molecule has 0 unspecified atom stereocenters. The minimum atomic E-state index is -0.285. The number of aromatic amines is 1. The average Bonchev–Trinajstić information content (AvgIpc) is 3.20. The van der Waals surface area contributed by atoms with Crippen molar-refractivity contribution >= 4 is 27.0 Å². The van der Waals surface area contributed by atoms with Crippen LogP contribution in [-0.2, 0) is 19.6 Å². The lowest BCUT2D eigenvalue weighted by Gasteiger charge is -2.16. The van der Waals surface area contributed by atoms with Crippen molar-refractivity contribution in [1.82, 2.24) is 15.3 Å². The van der Waals surface area contributed by atoms with Gasteiger partial charge in [0.05, 0.1) is 22.1 Å². The SMILES string of the molecule is CCOc1cc(CNCCc2nc3ccccc3[nH]2)cc(Br)c1OCc1ccccc1F. The molecule has 0 bridgehead atoms. The molecule has 0 atom stereocenters. The van der Waals surface area contributed by atoms with Crippen LogP contribution in [0.1, 0.15) is 23.9 Å². The second kappa shape index (κ2) is 10.6. The molecule has 1 aromatic heterocycles. The molecule has 0 aliphatic carbocycles. The van der Waals surface area contributed by atoms with E-state index in [1.54, 1.807) is 18.2 Å². The van der Waals surface area contributed by atoms with Gasteiger partial charge in [-0.15, -0.1) is 0 Å². The molecular formula is C25H25BrFN3O2. The smallest absolute Gasteiger partial charge is 0.175 e. The predicted molar refractivity (Wildman–Crippen MR) is 128 cm³/mol. The van der Waals surface area contributed by atoms with Crippen LogP contribution < -0.4 is 14.8 Å². The van der Waals surface area contributed by atoms with Gasteiger partial charge < -0.3 is 19.8 Å². The second-order valence-electron chi connectivity index (χ2n) is 7.35. The maximum absolute atomic E-state index is 13.9. The first-order valence-electron chi connectivity index (χ1n) is 10.6. The number of hydrogen-bond donors (Lipinski definition) is 2. The highest BCUT2D eigenvalue weighted by Crippen LogP contribution is 2.37. The first-order valence-corrected chi connectivity index (χ1v) is 11.4. The topological polar surface area (TPSA) is 59.2 Å². The first kappa shape index (κ1) is 22.3. The van der Waals surface area contributed by atoms with Crippen LogP contribution in [-0.4, -0.2) is 23.1 Å². The molecule has 3 aromatic carbocycles. The van der Waals surface area contributed by atoms with Crippen molar-refractivity contribution in [3.8, 4) is 11.5 Å². The van der Waals surface area contributed by atoms with Crippen molar-refractivity contribution in [2.75, 3.05) is 13.2 Å². The molecule has 0 aliphatic rings. The molecule has 4 aromatic rings. The van der Waals surface area contributed by atoms with Crippen LogP contribution >= 0.6 is 15.9 Å². The summed E-state index contributed by atoms with van der Waals surface area (Å²) in [4.78, 5) is 7.95. The number of fused-ring (bicyclic) bond motifs is 1. The molecule has 4 rings (SSSR count). The summed E-state index contributed by atoms with van der Waals surface area (Å²) in [7, 11) is 0. The number of halogens is 2. The fourth-order valence-corrected chi connectivity index (χ4v) is 4.06. The molecule has 0 radical (unpaired) electrons. The fourth-order valence-electron chi connectivity index (χ4n) is 3.46. The maximum Gasteiger partial charge on any atom is 0.175 e. The Bertz CT molecular complexity index is 1160. The van der Waals surface area contributed by atoms with Crippen LogP contribution in [0.4, 0.5) is 4.39 Å². The molecule has 0 saturated carbocycles. The summed E-state index contributed by atoms with van der Waals surface area (Å²) in [5.74, 6) is 1.88. The molecule has 0 aliphatic heterocycles. The summed E-state index contributed by atoms with van der Waals surface area (Å²) in [6.07, 6.45) is 0.804. The van der Waals surface area contributed by atoms with E-state index in [0.29, 0.717) is 30.2 Å². The number of para-hydroxylation sites is 2. The molecule has 32 heavy (non-hydrogen) atoms. The van der Waals surface area contributed by atoms with E-state index in [2.05, 4.69) is 31.2 Å². The van der Waals surface area contributed by atoms with Gasteiger partial charge in [-0.05, 0) is 58.7 Å². The lowest BCUT2D eigenvalue weighted by molar-refractivity contribution is 0.264. The minimum Gasteiger partial charge on any atom is -0.490 e. The van der Waals surface area contributed by atoms with Crippen LogP contribution in [0.2, 0.25) is 0 Å². The molecule has 166 valence electrons. The highest BCUT2D eigenvalue weighted by atomic mass is 79.9. The van der Waals surface area contributed by atoms with Gasteiger partial charge in [-0.25, -0.2) is 9.37 Å². The van der Waals surface area contributed by atoms with Crippen molar-refractivity contribution in [3.63, 3.8) is 0 Å². The number of benzene rings is 3. The van der Waals surface area contributed by atoms with Crippen molar-refractivity contribution in [1.29, 1.82) is 0 Å². The predicted octanol–water partition coefficient (Wildman–Crippen LogP) is 5.77. The lowest BCUT2D eigenvalue weighted by atomic mass is 10.2. The van der Waals surface area contributed by atoms with E-state index in [1.807, 2.05) is 43.3 Å². The van der Waals surface area contributed by atoms with E-state index in [4.69, 9.17) is 9.47 Å². The molecule has 1 heterocycles. The Morgan fingerprint density at radius 2 is 1.88 bits per heavy atom.